The molecule has 0 aromatic rings. The van der Waals surface area contributed by atoms with Gasteiger partial charge in [-0.2, -0.15) is 0 Å². The third-order valence-corrected chi connectivity index (χ3v) is 4.25. The summed E-state index contributed by atoms with van der Waals surface area (Å²) >= 11 is 0. The third-order valence-electron chi connectivity index (χ3n) is 4.25. The molecule has 0 spiro atoms. The summed E-state index contributed by atoms with van der Waals surface area (Å²) in [5.41, 5.74) is 1.62. The number of likely N-dealkylation sites (tertiary alicyclic amines) is 1. The largest absolute Gasteiger partial charge is 0.310 e. The lowest BCUT2D eigenvalue weighted by Crippen LogP contribution is -2.28. The molecule has 0 bridgehead atoms. The van der Waals surface area contributed by atoms with E-state index in [-0.39, 0.29) is 0 Å². The summed E-state index contributed by atoms with van der Waals surface area (Å²) in [5, 5.41) is 3.39. The van der Waals surface area contributed by atoms with E-state index in [4.69, 9.17) is 0 Å². The van der Waals surface area contributed by atoms with Crippen molar-refractivity contribution in [3.05, 3.63) is 11.6 Å². The molecule has 16 heavy (non-hydrogen) atoms. The van der Waals surface area contributed by atoms with Crippen LogP contribution in [-0.4, -0.2) is 37.6 Å². The van der Waals surface area contributed by atoms with E-state index in [1.54, 1.807) is 5.57 Å². The average molecular weight is 222 g/mol. The van der Waals surface area contributed by atoms with Gasteiger partial charge in [-0.15, -0.1) is 0 Å². The van der Waals surface area contributed by atoms with Crippen LogP contribution in [0, 0.1) is 17.8 Å². The van der Waals surface area contributed by atoms with E-state index < -0.39 is 0 Å². The van der Waals surface area contributed by atoms with E-state index in [2.05, 4.69) is 37.1 Å². The zero-order valence-electron chi connectivity index (χ0n) is 11.0. The smallest absolute Gasteiger partial charge is 0.0171 e. The minimum Gasteiger partial charge on any atom is -0.310 e. The zero-order chi connectivity index (χ0) is 11.5. The molecule has 0 saturated carbocycles. The number of rotatable bonds is 4. The lowest BCUT2D eigenvalue weighted by atomic mass is 9.95. The van der Waals surface area contributed by atoms with Crippen molar-refractivity contribution >= 4 is 0 Å². The second-order valence-electron chi connectivity index (χ2n) is 5.86. The first-order valence-electron chi connectivity index (χ1n) is 6.79. The molecule has 2 nitrogen and oxygen atoms in total. The number of nitrogens with zero attached hydrogens (tertiary/aromatic N) is 1. The molecule has 0 aliphatic carbocycles. The highest BCUT2D eigenvalue weighted by Crippen LogP contribution is 2.25. The minimum atomic E-state index is 0.737. The van der Waals surface area contributed by atoms with Crippen molar-refractivity contribution in [2.75, 3.05) is 32.7 Å². The Kier molecular flexibility index (Phi) is 4.04. The molecule has 2 heteroatoms. The van der Waals surface area contributed by atoms with Crippen LogP contribution in [0.2, 0.25) is 0 Å². The molecule has 0 radical (unpaired) electrons. The molecule has 2 heterocycles. The summed E-state index contributed by atoms with van der Waals surface area (Å²) in [6.45, 7) is 13.2. The van der Waals surface area contributed by atoms with Gasteiger partial charge in [0, 0.05) is 26.2 Å². The number of nitrogens with one attached hydrogen (secondary N) is 1. The van der Waals surface area contributed by atoms with E-state index in [0.717, 1.165) is 30.8 Å². The molecular weight excluding hydrogens is 196 g/mol. The van der Waals surface area contributed by atoms with E-state index in [1.807, 2.05) is 0 Å². The van der Waals surface area contributed by atoms with Gasteiger partial charge in [-0.1, -0.05) is 32.4 Å². The first-order chi connectivity index (χ1) is 7.66. The summed E-state index contributed by atoms with van der Waals surface area (Å²) in [5.74, 6) is 2.52. The van der Waals surface area contributed by atoms with E-state index in [0.29, 0.717) is 0 Å². The molecule has 1 fully saturated rings. The number of hydrogen-bond donors (Lipinski definition) is 1. The van der Waals surface area contributed by atoms with Gasteiger partial charge in [-0.3, -0.25) is 0 Å². The van der Waals surface area contributed by atoms with E-state index in [1.165, 1.54) is 26.1 Å². The SMILES string of the molecule is CC(C)C1CCN(C[C@H](C)C2=CCNC2)C1. The second kappa shape index (κ2) is 5.33. The molecular formula is C14H26N2. The molecule has 2 aliphatic rings. The Morgan fingerprint density at radius 1 is 1.44 bits per heavy atom. The zero-order valence-corrected chi connectivity index (χ0v) is 11.0. The molecule has 0 aromatic carbocycles. The van der Waals surface area contributed by atoms with Crippen molar-refractivity contribution in [1.29, 1.82) is 0 Å². The van der Waals surface area contributed by atoms with Crippen molar-refractivity contribution in [2.45, 2.75) is 27.2 Å². The Labute approximate surface area is 100 Å². The van der Waals surface area contributed by atoms with Crippen LogP contribution in [0.25, 0.3) is 0 Å². The van der Waals surface area contributed by atoms with Gasteiger partial charge in [0.05, 0.1) is 0 Å². The Bertz CT molecular complexity index is 257. The molecule has 1 N–H and O–H groups in total. The fourth-order valence-corrected chi connectivity index (χ4v) is 2.94. The molecule has 0 amide bonds. The highest BCUT2D eigenvalue weighted by atomic mass is 15.1. The van der Waals surface area contributed by atoms with Gasteiger partial charge in [-0.05, 0) is 30.7 Å². The van der Waals surface area contributed by atoms with Crippen molar-refractivity contribution in [3.63, 3.8) is 0 Å². The van der Waals surface area contributed by atoms with Crippen molar-refractivity contribution < 1.29 is 0 Å². The normalized spacial score (nSPS) is 28.8. The van der Waals surface area contributed by atoms with E-state index >= 15 is 0 Å². The lowest BCUT2D eigenvalue weighted by molar-refractivity contribution is 0.278. The van der Waals surface area contributed by atoms with Gasteiger partial charge < -0.3 is 10.2 Å². The maximum absolute atomic E-state index is 3.39. The van der Waals surface area contributed by atoms with Crippen molar-refractivity contribution in [3.8, 4) is 0 Å². The number of hydrogen-bond acceptors (Lipinski definition) is 2. The molecule has 2 atom stereocenters. The molecule has 92 valence electrons. The molecule has 1 unspecified atom stereocenters. The van der Waals surface area contributed by atoms with Gasteiger partial charge in [0.25, 0.3) is 0 Å². The predicted molar refractivity (Wildman–Crippen MR) is 69.5 cm³/mol. The van der Waals surface area contributed by atoms with Crippen LogP contribution in [0.4, 0.5) is 0 Å². The highest BCUT2D eigenvalue weighted by molar-refractivity contribution is 5.14. The van der Waals surface area contributed by atoms with Gasteiger partial charge >= 0.3 is 0 Å². The summed E-state index contributed by atoms with van der Waals surface area (Å²) in [6.07, 6.45) is 3.78. The lowest BCUT2D eigenvalue weighted by Gasteiger charge is -2.22. The van der Waals surface area contributed by atoms with Crippen LogP contribution in [-0.2, 0) is 0 Å². The fraction of sp³-hybridized carbons (Fsp3) is 0.857. The van der Waals surface area contributed by atoms with Crippen LogP contribution in [0.15, 0.2) is 11.6 Å². The van der Waals surface area contributed by atoms with Crippen LogP contribution in [0.5, 0.6) is 0 Å². The molecule has 1 saturated heterocycles. The van der Waals surface area contributed by atoms with Crippen LogP contribution in [0.3, 0.4) is 0 Å². The van der Waals surface area contributed by atoms with Crippen molar-refractivity contribution in [1.82, 2.24) is 10.2 Å². The van der Waals surface area contributed by atoms with Gasteiger partial charge in [0.2, 0.25) is 0 Å². The summed E-state index contributed by atoms with van der Waals surface area (Å²) in [7, 11) is 0. The Morgan fingerprint density at radius 2 is 2.25 bits per heavy atom. The predicted octanol–water partition coefficient (Wildman–Crippen LogP) is 2.13. The van der Waals surface area contributed by atoms with Gasteiger partial charge in [0.15, 0.2) is 0 Å². The second-order valence-corrected chi connectivity index (χ2v) is 5.86. The Hall–Kier alpha value is -0.340. The average Bonchev–Trinajstić information content (AvgIpc) is 2.87. The molecule has 2 aliphatic heterocycles. The fourth-order valence-electron chi connectivity index (χ4n) is 2.94. The standard InChI is InChI=1S/C14H26N2/c1-11(2)14-5-7-16(10-14)9-12(3)13-4-6-15-8-13/h4,11-12,14-15H,5-10H2,1-3H3/t12-,14?/m0/s1. The Morgan fingerprint density at radius 3 is 2.81 bits per heavy atom. The van der Waals surface area contributed by atoms with Crippen LogP contribution < -0.4 is 5.32 Å². The first-order valence-corrected chi connectivity index (χ1v) is 6.79. The Balaban J connectivity index is 1.78. The van der Waals surface area contributed by atoms with Gasteiger partial charge in [-0.25, -0.2) is 0 Å². The van der Waals surface area contributed by atoms with Crippen LogP contribution in [0.1, 0.15) is 27.2 Å². The highest BCUT2D eigenvalue weighted by Gasteiger charge is 2.26. The van der Waals surface area contributed by atoms with Crippen molar-refractivity contribution in [2.24, 2.45) is 17.8 Å². The monoisotopic (exact) mass is 222 g/mol. The molecule has 2 rings (SSSR count). The summed E-state index contributed by atoms with van der Waals surface area (Å²) < 4.78 is 0. The van der Waals surface area contributed by atoms with Crippen LogP contribution >= 0.6 is 0 Å². The summed E-state index contributed by atoms with van der Waals surface area (Å²) in [4.78, 5) is 2.66. The summed E-state index contributed by atoms with van der Waals surface area (Å²) in [6, 6.07) is 0. The third kappa shape index (κ3) is 2.86. The quantitative estimate of drug-likeness (QED) is 0.733. The maximum atomic E-state index is 3.39. The molecule has 0 aromatic heterocycles. The van der Waals surface area contributed by atoms with E-state index in [9.17, 15) is 0 Å². The first kappa shape index (κ1) is 12.1. The van der Waals surface area contributed by atoms with Gasteiger partial charge in [0.1, 0.15) is 0 Å². The minimum absolute atomic E-state index is 0.737. The maximum Gasteiger partial charge on any atom is 0.0171 e. The topological polar surface area (TPSA) is 15.3 Å².